The zero-order valence-electron chi connectivity index (χ0n) is 12.7. The summed E-state index contributed by atoms with van der Waals surface area (Å²) in [4.78, 5) is 5.12. The Morgan fingerprint density at radius 2 is 1.04 bits per heavy atom. The molecule has 2 aromatic heterocycles. The molecule has 2 N–H and O–H groups in total. The standard InChI is InChI=1S/C17H7F5N4/c18-13-12(14(19)16(21)17(22)15(13)20)11(9-3-1-7(5-23)25-9)10-4-2-8(6-24)26-10/h1-4,11,25-26H. The van der Waals surface area contributed by atoms with Gasteiger partial charge in [-0.3, -0.25) is 0 Å². The van der Waals surface area contributed by atoms with Gasteiger partial charge in [0.1, 0.15) is 23.5 Å². The van der Waals surface area contributed by atoms with Gasteiger partial charge in [-0.2, -0.15) is 10.5 Å². The zero-order chi connectivity index (χ0) is 19.0. The van der Waals surface area contributed by atoms with Crippen LogP contribution in [-0.2, 0) is 0 Å². The number of H-pyrrole nitrogens is 2. The van der Waals surface area contributed by atoms with Crippen molar-refractivity contribution in [3.05, 3.63) is 81.7 Å². The minimum Gasteiger partial charge on any atom is -0.349 e. The molecule has 0 unspecified atom stereocenters. The average molecular weight is 362 g/mol. The maximum Gasteiger partial charge on any atom is 0.200 e. The molecule has 0 radical (unpaired) electrons. The number of hydrogen-bond acceptors (Lipinski definition) is 2. The summed E-state index contributed by atoms with van der Waals surface area (Å²) in [5.41, 5.74) is -1.02. The van der Waals surface area contributed by atoms with E-state index in [-0.39, 0.29) is 22.8 Å². The molecular weight excluding hydrogens is 355 g/mol. The molecule has 0 fully saturated rings. The normalized spacial score (nSPS) is 10.8. The molecule has 0 saturated carbocycles. The Balaban J connectivity index is 2.32. The van der Waals surface area contributed by atoms with Crippen molar-refractivity contribution >= 4 is 0 Å². The number of halogens is 5. The first kappa shape index (κ1) is 17.2. The predicted molar refractivity (Wildman–Crippen MR) is 78.2 cm³/mol. The molecule has 3 aromatic rings. The molecule has 0 aliphatic rings. The van der Waals surface area contributed by atoms with Crippen molar-refractivity contribution in [2.75, 3.05) is 0 Å². The lowest BCUT2D eigenvalue weighted by Gasteiger charge is -2.18. The third kappa shape index (κ3) is 2.60. The van der Waals surface area contributed by atoms with Crippen LogP contribution in [0.4, 0.5) is 22.0 Å². The summed E-state index contributed by atoms with van der Waals surface area (Å²) in [6.45, 7) is 0. The van der Waals surface area contributed by atoms with Crippen LogP contribution in [0.1, 0.15) is 34.3 Å². The minimum atomic E-state index is -2.27. The molecule has 26 heavy (non-hydrogen) atoms. The molecule has 0 atom stereocenters. The van der Waals surface area contributed by atoms with Gasteiger partial charge in [-0.25, -0.2) is 22.0 Å². The number of nitrogens with one attached hydrogen (secondary N) is 2. The van der Waals surface area contributed by atoms with Gasteiger partial charge < -0.3 is 9.97 Å². The Morgan fingerprint density at radius 1 is 0.654 bits per heavy atom. The highest BCUT2D eigenvalue weighted by molar-refractivity contribution is 5.43. The molecule has 3 rings (SSSR count). The summed E-state index contributed by atoms with van der Waals surface area (Å²) in [5, 5.41) is 17.8. The molecule has 0 saturated heterocycles. The van der Waals surface area contributed by atoms with E-state index in [4.69, 9.17) is 10.5 Å². The Hall–Kier alpha value is -3.59. The van der Waals surface area contributed by atoms with Gasteiger partial charge in [0.15, 0.2) is 23.3 Å². The molecule has 0 amide bonds. The Bertz CT molecular complexity index is 1000. The molecular formula is C17H7F5N4. The fourth-order valence-electron chi connectivity index (χ4n) is 2.64. The summed E-state index contributed by atoms with van der Waals surface area (Å²) in [6.07, 6.45) is 0. The summed E-state index contributed by atoms with van der Waals surface area (Å²) < 4.78 is 69.3. The van der Waals surface area contributed by atoms with Crippen molar-refractivity contribution in [2.45, 2.75) is 5.92 Å². The number of nitrogens with zero attached hydrogens (tertiary/aromatic N) is 2. The summed E-state index contributed by atoms with van der Waals surface area (Å²) >= 11 is 0. The second kappa shape index (κ2) is 6.37. The topological polar surface area (TPSA) is 79.2 Å². The van der Waals surface area contributed by atoms with E-state index >= 15 is 0 Å². The van der Waals surface area contributed by atoms with Crippen molar-refractivity contribution in [2.24, 2.45) is 0 Å². The lowest BCUT2D eigenvalue weighted by Crippen LogP contribution is -2.14. The Morgan fingerprint density at radius 3 is 1.38 bits per heavy atom. The zero-order valence-corrected chi connectivity index (χ0v) is 12.7. The van der Waals surface area contributed by atoms with E-state index < -0.39 is 40.6 Å². The van der Waals surface area contributed by atoms with Crippen LogP contribution in [-0.4, -0.2) is 9.97 Å². The van der Waals surface area contributed by atoms with Crippen LogP contribution in [0.5, 0.6) is 0 Å². The van der Waals surface area contributed by atoms with Crippen molar-refractivity contribution < 1.29 is 22.0 Å². The Kier molecular flexibility index (Phi) is 4.23. The number of nitriles is 2. The number of aromatic nitrogens is 2. The lowest BCUT2D eigenvalue weighted by atomic mass is 9.91. The lowest BCUT2D eigenvalue weighted by molar-refractivity contribution is 0.368. The fourth-order valence-corrected chi connectivity index (χ4v) is 2.64. The number of aromatic amines is 2. The SMILES string of the molecule is N#Cc1ccc(C(c2ccc(C#N)[nH]2)c2c(F)c(F)c(F)c(F)c2F)[nH]1. The molecule has 0 spiro atoms. The first-order valence-corrected chi connectivity index (χ1v) is 7.08. The van der Waals surface area contributed by atoms with Gasteiger partial charge in [-0.15, -0.1) is 0 Å². The van der Waals surface area contributed by atoms with E-state index in [9.17, 15) is 22.0 Å². The minimum absolute atomic E-state index is 0.0103. The molecule has 4 nitrogen and oxygen atoms in total. The van der Waals surface area contributed by atoms with Crippen LogP contribution in [0.15, 0.2) is 24.3 Å². The molecule has 130 valence electrons. The molecule has 9 heteroatoms. The Labute approximate surface area is 143 Å². The van der Waals surface area contributed by atoms with Crippen LogP contribution >= 0.6 is 0 Å². The monoisotopic (exact) mass is 362 g/mol. The van der Waals surface area contributed by atoms with E-state index in [1.165, 1.54) is 24.3 Å². The third-order valence-corrected chi connectivity index (χ3v) is 3.81. The van der Waals surface area contributed by atoms with Gasteiger partial charge in [-0.05, 0) is 24.3 Å². The highest BCUT2D eigenvalue weighted by Crippen LogP contribution is 2.36. The van der Waals surface area contributed by atoms with E-state index in [2.05, 4.69) is 9.97 Å². The van der Waals surface area contributed by atoms with Gasteiger partial charge in [0, 0.05) is 17.0 Å². The first-order chi connectivity index (χ1) is 12.4. The van der Waals surface area contributed by atoms with Gasteiger partial charge in [0.2, 0.25) is 5.82 Å². The number of rotatable bonds is 3. The van der Waals surface area contributed by atoms with Gasteiger partial charge in [-0.1, -0.05) is 0 Å². The smallest absolute Gasteiger partial charge is 0.200 e. The quantitative estimate of drug-likeness (QED) is 0.420. The summed E-state index contributed by atoms with van der Waals surface area (Å²) in [6, 6.07) is 8.70. The number of benzene rings is 1. The number of hydrogen-bond donors (Lipinski definition) is 2. The second-order valence-electron chi connectivity index (χ2n) is 5.29. The largest absolute Gasteiger partial charge is 0.349 e. The van der Waals surface area contributed by atoms with Crippen LogP contribution in [0, 0.1) is 51.7 Å². The molecule has 0 aliphatic heterocycles. The first-order valence-electron chi connectivity index (χ1n) is 7.08. The van der Waals surface area contributed by atoms with Crippen molar-refractivity contribution in [1.29, 1.82) is 10.5 Å². The van der Waals surface area contributed by atoms with Gasteiger partial charge in [0.25, 0.3) is 0 Å². The molecule has 2 heterocycles. The van der Waals surface area contributed by atoms with E-state index in [1.54, 1.807) is 12.1 Å². The van der Waals surface area contributed by atoms with Crippen molar-refractivity contribution in [3.63, 3.8) is 0 Å². The summed E-state index contributed by atoms with van der Waals surface area (Å²) in [5.74, 6) is -11.9. The van der Waals surface area contributed by atoms with Crippen LogP contribution < -0.4 is 0 Å². The second-order valence-corrected chi connectivity index (χ2v) is 5.29. The molecule has 1 aromatic carbocycles. The molecule has 0 bridgehead atoms. The van der Waals surface area contributed by atoms with Crippen molar-refractivity contribution in [1.82, 2.24) is 9.97 Å². The van der Waals surface area contributed by atoms with Crippen molar-refractivity contribution in [3.8, 4) is 12.1 Å². The van der Waals surface area contributed by atoms with E-state index in [0.29, 0.717) is 0 Å². The van der Waals surface area contributed by atoms with Gasteiger partial charge in [0.05, 0.1) is 5.92 Å². The van der Waals surface area contributed by atoms with Crippen LogP contribution in [0.2, 0.25) is 0 Å². The van der Waals surface area contributed by atoms with E-state index in [1.807, 2.05) is 0 Å². The van der Waals surface area contributed by atoms with Gasteiger partial charge >= 0.3 is 0 Å². The predicted octanol–water partition coefficient (Wildman–Crippen LogP) is 3.96. The maximum atomic E-state index is 14.3. The van der Waals surface area contributed by atoms with Crippen LogP contribution in [0.3, 0.4) is 0 Å². The average Bonchev–Trinajstić information content (AvgIpc) is 3.31. The third-order valence-electron chi connectivity index (χ3n) is 3.81. The summed E-state index contributed by atoms with van der Waals surface area (Å²) in [7, 11) is 0. The highest BCUT2D eigenvalue weighted by Gasteiger charge is 2.33. The maximum absolute atomic E-state index is 14.3. The fraction of sp³-hybridized carbons (Fsp3) is 0.0588. The van der Waals surface area contributed by atoms with Crippen LogP contribution in [0.25, 0.3) is 0 Å². The highest BCUT2D eigenvalue weighted by atomic mass is 19.2. The van der Waals surface area contributed by atoms with E-state index in [0.717, 1.165) is 0 Å². The molecule has 0 aliphatic carbocycles.